The number of benzene rings is 1. The largest absolute Gasteiger partial charge is 0.545 e. The molecular formula is C8H2F2O4-2. The smallest absolute Gasteiger partial charge is 0.168 e. The zero-order chi connectivity index (χ0) is 10.9. The van der Waals surface area contributed by atoms with Gasteiger partial charge < -0.3 is 19.8 Å². The summed E-state index contributed by atoms with van der Waals surface area (Å²) in [6.45, 7) is 0. The number of rotatable bonds is 2. The second kappa shape index (κ2) is 3.41. The van der Waals surface area contributed by atoms with Crippen LogP contribution in [0.4, 0.5) is 8.78 Å². The van der Waals surface area contributed by atoms with Crippen LogP contribution in [0.25, 0.3) is 0 Å². The maximum Gasteiger partial charge on any atom is 0.168 e. The molecule has 0 amide bonds. The molecule has 0 heterocycles. The van der Waals surface area contributed by atoms with Crippen molar-refractivity contribution >= 4 is 11.9 Å². The van der Waals surface area contributed by atoms with E-state index < -0.39 is 34.7 Å². The lowest BCUT2D eigenvalue weighted by Crippen LogP contribution is -2.27. The molecule has 1 aromatic rings. The van der Waals surface area contributed by atoms with Gasteiger partial charge in [-0.05, 0) is 12.1 Å². The number of halogens is 2. The minimum Gasteiger partial charge on any atom is -0.545 e. The summed E-state index contributed by atoms with van der Waals surface area (Å²) in [5.74, 6) is -7.39. The van der Waals surface area contributed by atoms with Gasteiger partial charge in [0, 0.05) is 11.1 Å². The second-order valence-corrected chi connectivity index (χ2v) is 2.36. The van der Waals surface area contributed by atoms with E-state index >= 15 is 0 Å². The van der Waals surface area contributed by atoms with E-state index in [2.05, 4.69) is 0 Å². The summed E-state index contributed by atoms with van der Waals surface area (Å²) in [5.41, 5.74) is -2.07. The van der Waals surface area contributed by atoms with Gasteiger partial charge in [0.25, 0.3) is 0 Å². The molecular weight excluding hydrogens is 198 g/mol. The van der Waals surface area contributed by atoms with E-state index in [1.165, 1.54) is 0 Å². The Kier molecular flexibility index (Phi) is 2.46. The molecule has 74 valence electrons. The van der Waals surface area contributed by atoms with Gasteiger partial charge in [0.05, 0.1) is 11.9 Å². The third-order valence-electron chi connectivity index (χ3n) is 1.52. The molecule has 4 nitrogen and oxygen atoms in total. The van der Waals surface area contributed by atoms with Crippen LogP contribution < -0.4 is 10.2 Å². The van der Waals surface area contributed by atoms with Crippen molar-refractivity contribution in [3.63, 3.8) is 0 Å². The maximum atomic E-state index is 12.8. The molecule has 1 rings (SSSR count). The highest BCUT2D eigenvalue weighted by Gasteiger charge is 2.14. The highest BCUT2D eigenvalue weighted by Crippen LogP contribution is 2.15. The van der Waals surface area contributed by atoms with Crippen molar-refractivity contribution in [3.8, 4) is 0 Å². The predicted molar refractivity (Wildman–Crippen MR) is 35.0 cm³/mol. The number of hydrogen-bond donors (Lipinski definition) is 0. The van der Waals surface area contributed by atoms with Gasteiger partial charge in [0.1, 0.15) is 0 Å². The Bertz CT molecular complexity index is 375. The van der Waals surface area contributed by atoms with Crippen molar-refractivity contribution in [2.45, 2.75) is 0 Å². The Balaban J connectivity index is 3.41. The van der Waals surface area contributed by atoms with Crippen LogP contribution in [-0.2, 0) is 0 Å². The highest BCUT2D eigenvalue weighted by atomic mass is 19.2. The molecule has 0 fully saturated rings. The monoisotopic (exact) mass is 200 g/mol. The number of carboxylic acid groups (broad SMARTS) is 2. The zero-order valence-corrected chi connectivity index (χ0v) is 6.54. The van der Waals surface area contributed by atoms with E-state index in [0.29, 0.717) is 12.1 Å². The molecule has 0 atom stereocenters. The van der Waals surface area contributed by atoms with Crippen LogP contribution in [0.2, 0.25) is 0 Å². The standard InChI is InChI=1S/C8H4F2O4/c9-5-3(7(11)12)1-2-4(6(5)10)8(13)14/h1-2H,(H,11,12)(H,13,14)/p-2. The zero-order valence-electron chi connectivity index (χ0n) is 6.54. The molecule has 14 heavy (non-hydrogen) atoms. The highest BCUT2D eigenvalue weighted by molar-refractivity contribution is 5.90. The van der Waals surface area contributed by atoms with E-state index in [0.717, 1.165) is 0 Å². The number of carboxylic acids is 2. The topological polar surface area (TPSA) is 80.3 Å². The fourth-order valence-corrected chi connectivity index (χ4v) is 0.865. The summed E-state index contributed by atoms with van der Waals surface area (Å²) >= 11 is 0. The van der Waals surface area contributed by atoms with Gasteiger partial charge in [-0.1, -0.05) is 0 Å². The Hall–Kier alpha value is -1.98. The molecule has 0 radical (unpaired) electrons. The quantitative estimate of drug-likeness (QED) is 0.593. The van der Waals surface area contributed by atoms with Crippen molar-refractivity contribution < 1.29 is 28.6 Å². The van der Waals surface area contributed by atoms with Gasteiger partial charge in [0.15, 0.2) is 11.6 Å². The van der Waals surface area contributed by atoms with Gasteiger partial charge in [-0.2, -0.15) is 0 Å². The summed E-state index contributed by atoms with van der Waals surface area (Å²) in [6.07, 6.45) is 0. The first-order valence-electron chi connectivity index (χ1n) is 3.36. The summed E-state index contributed by atoms with van der Waals surface area (Å²) in [6, 6.07) is 1.19. The van der Waals surface area contributed by atoms with Crippen LogP contribution in [0.3, 0.4) is 0 Å². The lowest BCUT2D eigenvalue weighted by Gasteiger charge is -2.09. The lowest BCUT2D eigenvalue weighted by molar-refractivity contribution is -0.257. The number of aromatic carboxylic acids is 2. The van der Waals surface area contributed by atoms with Crippen LogP contribution in [0, 0.1) is 11.6 Å². The van der Waals surface area contributed by atoms with Crippen molar-refractivity contribution in [2.24, 2.45) is 0 Å². The van der Waals surface area contributed by atoms with Crippen LogP contribution >= 0.6 is 0 Å². The van der Waals surface area contributed by atoms with E-state index in [4.69, 9.17) is 0 Å². The first kappa shape index (κ1) is 10.1. The molecule has 1 aromatic carbocycles. The molecule has 0 bridgehead atoms. The fraction of sp³-hybridized carbons (Fsp3) is 0. The molecule has 0 aliphatic carbocycles. The summed E-state index contributed by atoms with van der Waals surface area (Å²) in [4.78, 5) is 20.3. The van der Waals surface area contributed by atoms with E-state index in [1.807, 2.05) is 0 Å². The van der Waals surface area contributed by atoms with Crippen LogP contribution in [0.1, 0.15) is 20.7 Å². The summed E-state index contributed by atoms with van der Waals surface area (Å²) < 4.78 is 25.6. The number of carbonyl (C=O) groups excluding carboxylic acids is 2. The van der Waals surface area contributed by atoms with E-state index in [-0.39, 0.29) is 0 Å². The first-order valence-corrected chi connectivity index (χ1v) is 3.36. The SMILES string of the molecule is O=C([O-])c1ccc(C(=O)[O-])c(F)c1F. The van der Waals surface area contributed by atoms with Gasteiger partial charge in [-0.3, -0.25) is 0 Å². The van der Waals surface area contributed by atoms with Crippen LogP contribution in [0.15, 0.2) is 12.1 Å². The third-order valence-corrected chi connectivity index (χ3v) is 1.52. The third kappa shape index (κ3) is 1.54. The normalized spacial score (nSPS) is 9.86. The van der Waals surface area contributed by atoms with Crippen LogP contribution in [0.5, 0.6) is 0 Å². The molecule has 0 unspecified atom stereocenters. The van der Waals surface area contributed by atoms with Crippen LogP contribution in [-0.4, -0.2) is 11.9 Å². The molecule has 0 aliphatic rings. The minimum absolute atomic E-state index is 0.596. The Morgan fingerprint density at radius 1 is 0.929 bits per heavy atom. The van der Waals surface area contributed by atoms with Crippen molar-refractivity contribution in [3.05, 3.63) is 34.9 Å². The van der Waals surface area contributed by atoms with Gasteiger partial charge in [0.2, 0.25) is 0 Å². The molecule has 0 saturated carbocycles. The Labute approximate surface area is 76.4 Å². The molecule has 0 N–H and O–H groups in total. The summed E-state index contributed by atoms with van der Waals surface area (Å²) in [7, 11) is 0. The molecule has 0 aliphatic heterocycles. The van der Waals surface area contributed by atoms with Gasteiger partial charge in [-0.25, -0.2) is 8.78 Å². The molecule has 0 aromatic heterocycles. The van der Waals surface area contributed by atoms with E-state index in [1.54, 1.807) is 0 Å². The minimum atomic E-state index is -1.92. The van der Waals surface area contributed by atoms with Gasteiger partial charge >= 0.3 is 0 Å². The maximum absolute atomic E-state index is 12.8. The molecule has 0 spiro atoms. The van der Waals surface area contributed by atoms with Crippen molar-refractivity contribution in [1.82, 2.24) is 0 Å². The molecule has 6 heteroatoms. The molecule has 0 saturated heterocycles. The van der Waals surface area contributed by atoms with Gasteiger partial charge in [-0.15, -0.1) is 0 Å². The fourth-order valence-electron chi connectivity index (χ4n) is 0.865. The Morgan fingerprint density at radius 2 is 1.21 bits per heavy atom. The average Bonchev–Trinajstić information content (AvgIpc) is 2.08. The number of hydrogen-bond acceptors (Lipinski definition) is 4. The van der Waals surface area contributed by atoms with Crippen molar-refractivity contribution in [2.75, 3.05) is 0 Å². The first-order chi connectivity index (χ1) is 6.45. The Morgan fingerprint density at radius 3 is 1.43 bits per heavy atom. The lowest BCUT2D eigenvalue weighted by atomic mass is 10.1. The predicted octanol–water partition coefficient (Wildman–Crippen LogP) is -1.31. The van der Waals surface area contributed by atoms with E-state index in [9.17, 15) is 28.6 Å². The second-order valence-electron chi connectivity index (χ2n) is 2.36. The number of carbonyl (C=O) groups is 2. The summed E-state index contributed by atoms with van der Waals surface area (Å²) in [5, 5.41) is 20.3. The average molecular weight is 200 g/mol. The van der Waals surface area contributed by atoms with Crippen molar-refractivity contribution in [1.29, 1.82) is 0 Å².